The molecule has 3 N–H and O–H groups in total. The molecule has 1 fully saturated rings. The van der Waals surface area contributed by atoms with Gasteiger partial charge in [-0.15, -0.1) is 22.6 Å². The summed E-state index contributed by atoms with van der Waals surface area (Å²) in [4.78, 5) is 31.5. The average molecular weight is 506 g/mol. The molecule has 4 rings (SSSR count). The summed E-state index contributed by atoms with van der Waals surface area (Å²) in [6.45, 7) is 2.46. The molecule has 0 unspecified atom stereocenters. The van der Waals surface area contributed by atoms with E-state index in [0.29, 0.717) is 17.5 Å². The average Bonchev–Trinajstić information content (AvgIpc) is 3.11. The van der Waals surface area contributed by atoms with Crippen LogP contribution in [0.25, 0.3) is 0 Å². The number of halogens is 3. The highest BCUT2D eigenvalue weighted by atomic mass is 35.5. The Bertz CT molecular complexity index is 1140. The van der Waals surface area contributed by atoms with Crippen LogP contribution >= 0.6 is 24.0 Å². The molecule has 0 spiro atoms. The summed E-state index contributed by atoms with van der Waals surface area (Å²) < 4.78 is 13.9. The fourth-order valence-corrected chi connectivity index (χ4v) is 3.40. The van der Waals surface area contributed by atoms with E-state index < -0.39 is 17.6 Å². The fraction of sp³-hybridized carbons (Fsp3) is 0.227. The molecular formula is C22H22Cl2FN7O2. The lowest BCUT2D eigenvalue weighted by Gasteiger charge is -2.20. The molecule has 0 radical (unpaired) electrons. The number of hydrogen-bond acceptors (Lipinski definition) is 7. The number of hydrogen-bond donors (Lipinski definition) is 3. The first-order valence-electron chi connectivity index (χ1n) is 10.3. The zero-order valence-corrected chi connectivity index (χ0v) is 19.5. The van der Waals surface area contributed by atoms with Crippen molar-refractivity contribution < 1.29 is 14.0 Å². The maximum absolute atomic E-state index is 13.9. The van der Waals surface area contributed by atoms with E-state index in [0.717, 1.165) is 38.1 Å². The van der Waals surface area contributed by atoms with Crippen LogP contribution in [0.4, 0.5) is 21.7 Å². The Morgan fingerprint density at radius 2 is 1.88 bits per heavy atom. The van der Waals surface area contributed by atoms with Crippen LogP contribution in [-0.4, -0.2) is 46.8 Å². The Morgan fingerprint density at radius 3 is 2.62 bits per heavy atom. The van der Waals surface area contributed by atoms with Crippen LogP contribution in [0.2, 0.25) is 5.02 Å². The van der Waals surface area contributed by atoms with Gasteiger partial charge in [0.2, 0.25) is 0 Å². The van der Waals surface area contributed by atoms with Crippen molar-refractivity contribution in [3.05, 3.63) is 70.8 Å². The summed E-state index contributed by atoms with van der Waals surface area (Å²) in [5.74, 6) is -0.950. The van der Waals surface area contributed by atoms with Gasteiger partial charge in [0.05, 0.1) is 22.9 Å². The predicted octanol–water partition coefficient (Wildman–Crippen LogP) is 3.74. The topological polar surface area (TPSA) is 112 Å². The molecule has 2 amide bonds. The monoisotopic (exact) mass is 505 g/mol. The Morgan fingerprint density at radius 1 is 1.03 bits per heavy atom. The van der Waals surface area contributed by atoms with Gasteiger partial charge in [-0.3, -0.25) is 14.9 Å². The Hall–Kier alpha value is -3.34. The molecule has 1 aromatic carbocycles. The first-order valence-corrected chi connectivity index (χ1v) is 10.7. The highest BCUT2D eigenvalue weighted by Crippen LogP contribution is 2.20. The smallest absolute Gasteiger partial charge is 0.276 e. The number of aromatic nitrogens is 3. The van der Waals surface area contributed by atoms with Gasteiger partial charge in [0.1, 0.15) is 11.6 Å². The molecule has 0 bridgehead atoms. The summed E-state index contributed by atoms with van der Waals surface area (Å²) in [5.41, 5.74) is 0.118. The van der Waals surface area contributed by atoms with Crippen LogP contribution in [0.15, 0.2) is 48.7 Å². The van der Waals surface area contributed by atoms with Gasteiger partial charge in [0.25, 0.3) is 11.8 Å². The second-order valence-corrected chi connectivity index (χ2v) is 7.80. The highest BCUT2D eigenvalue weighted by molar-refractivity contribution is 6.30. The SMILES string of the molecule is Cl.O=C(Nc1ccc(F)cc1C(=O)Nc1ccc(Cl)cn1)c1ccc(N2CCCCNC2)nn1. The Labute approximate surface area is 206 Å². The van der Waals surface area contributed by atoms with Crippen molar-refractivity contribution in [2.24, 2.45) is 0 Å². The fourth-order valence-electron chi connectivity index (χ4n) is 3.29. The third-order valence-electron chi connectivity index (χ3n) is 4.98. The number of anilines is 3. The zero-order valence-electron chi connectivity index (χ0n) is 17.9. The van der Waals surface area contributed by atoms with E-state index in [4.69, 9.17) is 11.6 Å². The lowest BCUT2D eigenvalue weighted by atomic mass is 10.1. The number of amides is 2. The van der Waals surface area contributed by atoms with Crippen LogP contribution in [0.5, 0.6) is 0 Å². The number of pyridine rings is 1. The van der Waals surface area contributed by atoms with E-state index in [1.165, 1.54) is 18.3 Å². The number of benzene rings is 1. The van der Waals surface area contributed by atoms with Crippen LogP contribution < -0.4 is 20.9 Å². The third kappa shape index (κ3) is 6.37. The van der Waals surface area contributed by atoms with Crippen LogP contribution in [0.1, 0.15) is 33.7 Å². The van der Waals surface area contributed by atoms with E-state index in [2.05, 4.69) is 36.0 Å². The maximum atomic E-state index is 13.9. The van der Waals surface area contributed by atoms with Gasteiger partial charge < -0.3 is 15.5 Å². The number of nitrogens with zero attached hydrogens (tertiary/aromatic N) is 4. The van der Waals surface area contributed by atoms with Crippen LogP contribution in [0, 0.1) is 5.82 Å². The van der Waals surface area contributed by atoms with Crippen LogP contribution in [0.3, 0.4) is 0 Å². The predicted molar refractivity (Wildman–Crippen MR) is 130 cm³/mol. The molecule has 12 heteroatoms. The minimum atomic E-state index is -0.644. The first-order chi connectivity index (χ1) is 16.0. The van der Waals surface area contributed by atoms with Gasteiger partial charge in [-0.25, -0.2) is 9.37 Å². The molecular weight excluding hydrogens is 484 g/mol. The summed E-state index contributed by atoms with van der Waals surface area (Å²) in [7, 11) is 0. The molecule has 0 aliphatic carbocycles. The van der Waals surface area contributed by atoms with E-state index in [9.17, 15) is 14.0 Å². The van der Waals surface area contributed by atoms with Crippen molar-refractivity contribution in [2.75, 3.05) is 35.3 Å². The second-order valence-electron chi connectivity index (χ2n) is 7.37. The molecule has 0 atom stereocenters. The summed E-state index contributed by atoms with van der Waals surface area (Å²) in [6.07, 6.45) is 3.50. The third-order valence-corrected chi connectivity index (χ3v) is 5.21. The number of rotatable bonds is 5. The minimum absolute atomic E-state index is 0. The first kappa shape index (κ1) is 25.3. The quantitative estimate of drug-likeness (QED) is 0.484. The van der Waals surface area contributed by atoms with E-state index in [-0.39, 0.29) is 35.2 Å². The van der Waals surface area contributed by atoms with Gasteiger partial charge in [0.15, 0.2) is 11.5 Å². The molecule has 0 saturated carbocycles. The highest BCUT2D eigenvalue weighted by Gasteiger charge is 2.18. The molecule has 178 valence electrons. The van der Waals surface area contributed by atoms with Crippen LogP contribution in [-0.2, 0) is 0 Å². The Balaban J connectivity index is 0.00000324. The lowest BCUT2D eigenvalue weighted by molar-refractivity contribution is 0.102. The van der Waals surface area contributed by atoms with Gasteiger partial charge in [-0.1, -0.05) is 11.6 Å². The standard InChI is InChI=1S/C22H21ClFN7O2.ClH/c23-14-3-7-19(26-12-14)28-21(32)16-11-15(24)4-5-17(16)27-22(33)18-6-8-20(30-29-18)31-10-2-1-9-25-13-31;/h3-8,11-12,25H,1-2,9-10,13H2,(H,27,33)(H,26,28,32);1H. The van der Waals surface area contributed by atoms with E-state index in [1.54, 1.807) is 18.2 Å². The molecule has 3 aromatic rings. The largest absolute Gasteiger partial charge is 0.342 e. The normalized spacial score (nSPS) is 13.4. The van der Waals surface area contributed by atoms with E-state index >= 15 is 0 Å². The summed E-state index contributed by atoms with van der Waals surface area (Å²) >= 11 is 5.80. The van der Waals surface area contributed by atoms with E-state index in [1.807, 2.05) is 0 Å². The molecule has 1 aliphatic rings. The lowest BCUT2D eigenvalue weighted by Crippen LogP contribution is -2.33. The molecule has 2 aromatic heterocycles. The van der Waals surface area contributed by atoms with Crippen molar-refractivity contribution in [1.29, 1.82) is 0 Å². The number of carbonyl (C=O) groups is 2. The number of nitrogens with one attached hydrogen (secondary N) is 3. The van der Waals surface area contributed by atoms with Gasteiger partial charge in [-0.2, -0.15) is 0 Å². The number of carbonyl (C=O) groups excluding carboxylic acids is 2. The zero-order chi connectivity index (χ0) is 23.2. The molecule has 1 aliphatic heterocycles. The van der Waals surface area contributed by atoms with Crippen molar-refractivity contribution in [1.82, 2.24) is 20.5 Å². The maximum Gasteiger partial charge on any atom is 0.276 e. The van der Waals surface area contributed by atoms with Gasteiger partial charge in [-0.05, 0) is 61.9 Å². The molecule has 1 saturated heterocycles. The Kier molecular flexibility index (Phi) is 8.69. The van der Waals surface area contributed by atoms with Crippen molar-refractivity contribution in [3.63, 3.8) is 0 Å². The molecule has 34 heavy (non-hydrogen) atoms. The second kappa shape index (κ2) is 11.7. The molecule has 3 heterocycles. The summed E-state index contributed by atoms with van der Waals surface area (Å²) in [6, 6.07) is 9.83. The van der Waals surface area contributed by atoms with Crippen molar-refractivity contribution in [2.45, 2.75) is 12.8 Å². The van der Waals surface area contributed by atoms with Crippen molar-refractivity contribution >= 4 is 53.1 Å². The summed E-state index contributed by atoms with van der Waals surface area (Å²) in [5, 5.41) is 17.0. The molecule has 9 nitrogen and oxygen atoms in total. The van der Waals surface area contributed by atoms with Crippen molar-refractivity contribution in [3.8, 4) is 0 Å². The van der Waals surface area contributed by atoms with Gasteiger partial charge >= 0.3 is 0 Å². The van der Waals surface area contributed by atoms with Gasteiger partial charge in [0, 0.05) is 12.7 Å². The minimum Gasteiger partial charge on any atom is -0.342 e.